The van der Waals surface area contributed by atoms with Crippen molar-refractivity contribution in [2.45, 2.75) is 13.3 Å². The first-order valence-corrected chi connectivity index (χ1v) is 11.7. The molecule has 0 aromatic carbocycles. The van der Waals surface area contributed by atoms with E-state index in [2.05, 4.69) is 30.1 Å². The molecule has 2 N–H and O–H groups in total. The summed E-state index contributed by atoms with van der Waals surface area (Å²) in [4.78, 5) is 36.3. The van der Waals surface area contributed by atoms with Crippen LogP contribution in [-0.2, 0) is 0 Å². The van der Waals surface area contributed by atoms with E-state index in [4.69, 9.17) is 4.98 Å². The van der Waals surface area contributed by atoms with E-state index < -0.39 is 5.82 Å². The van der Waals surface area contributed by atoms with Crippen LogP contribution in [0.1, 0.15) is 18.1 Å². The number of hydrogen-bond donors (Lipinski definition) is 2. The summed E-state index contributed by atoms with van der Waals surface area (Å²) in [5.41, 5.74) is 4.05. The number of aromatic nitrogens is 8. The summed E-state index contributed by atoms with van der Waals surface area (Å²) >= 11 is 1.42. The summed E-state index contributed by atoms with van der Waals surface area (Å²) in [6.45, 7) is 1.80. The Kier molecular flexibility index (Phi) is 4.12. The van der Waals surface area contributed by atoms with Gasteiger partial charge in [-0.1, -0.05) is 6.92 Å². The summed E-state index contributed by atoms with van der Waals surface area (Å²) in [5, 5.41) is 6.40. The average molecular weight is 483 g/mol. The molecule has 2 aliphatic heterocycles. The molecule has 5 aromatic rings. The molecule has 7 heterocycles. The highest BCUT2D eigenvalue weighted by molar-refractivity contribution is 7.24. The summed E-state index contributed by atoms with van der Waals surface area (Å²) < 4.78 is 18.4. The van der Waals surface area contributed by atoms with Crippen molar-refractivity contribution in [3.63, 3.8) is 0 Å². The molecule has 0 radical (unpaired) electrons. The van der Waals surface area contributed by atoms with Gasteiger partial charge in [0.05, 0.1) is 39.2 Å². The van der Waals surface area contributed by atoms with Crippen molar-refractivity contribution in [3.8, 4) is 11.3 Å². The van der Waals surface area contributed by atoms with Crippen LogP contribution in [0.15, 0.2) is 49.1 Å². The van der Waals surface area contributed by atoms with Crippen LogP contribution in [0.2, 0.25) is 0 Å². The molecule has 2 aliphatic rings. The molecule has 0 amide bonds. The number of nitrogens with one attached hydrogen (secondary N) is 2. The first kappa shape index (κ1) is 19.9. The number of imidazole rings is 1. The maximum atomic E-state index is 16.0. The van der Waals surface area contributed by atoms with E-state index in [1.165, 1.54) is 17.5 Å². The number of H-pyrrole nitrogens is 2. The Morgan fingerprint density at radius 3 is 2.86 bits per heavy atom. The van der Waals surface area contributed by atoms with E-state index >= 15 is 4.39 Å². The molecule has 0 spiro atoms. The number of aromatic amines is 2. The maximum Gasteiger partial charge on any atom is 0.231 e. The summed E-state index contributed by atoms with van der Waals surface area (Å²) in [6.07, 6.45) is 6.63. The van der Waals surface area contributed by atoms with Crippen molar-refractivity contribution < 1.29 is 9.18 Å². The van der Waals surface area contributed by atoms with Crippen LogP contribution in [0.4, 0.5) is 4.39 Å². The molecule has 5 aromatic heterocycles. The minimum absolute atomic E-state index is 0.116. The van der Waals surface area contributed by atoms with Crippen molar-refractivity contribution in [2.75, 3.05) is 0 Å². The van der Waals surface area contributed by atoms with E-state index in [1.54, 1.807) is 42.2 Å². The van der Waals surface area contributed by atoms with Gasteiger partial charge < -0.3 is 0 Å². The fraction of sp³-hybridized carbons (Fsp3) is 0.0833. The fourth-order valence-electron chi connectivity index (χ4n) is 4.38. The number of nitrogens with zero attached hydrogens (tertiary/aromatic N) is 6. The van der Waals surface area contributed by atoms with Gasteiger partial charge in [-0.05, 0) is 24.3 Å². The molecule has 35 heavy (non-hydrogen) atoms. The zero-order valence-corrected chi connectivity index (χ0v) is 19.0. The van der Waals surface area contributed by atoms with Crippen molar-refractivity contribution >= 4 is 70.9 Å². The predicted octanol–water partition coefficient (Wildman–Crippen LogP) is 5.37. The highest BCUT2D eigenvalue weighted by atomic mass is 32.1. The monoisotopic (exact) mass is 482 g/mol. The first-order valence-electron chi connectivity index (χ1n) is 10.9. The van der Waals surface area contributed by atoms with Gasteiger partial charge in [-0.3, -0.25) is 34.5 Å². The second kappa shape index (κ2) is 7.24. The molecule has 0 fully saturated rings. The zero-order chi connectivity index (χ0) is 23.7. The topological polar surface area (TPSA) is 118 Å². The Bertz CT molecular complexity index is 2000. The molecule has 0 unspecified atom stereocenters. The highest BCUT2D eigenvalue weighted by Gasteiger charge is 2.20. The number of rotatable bonds is 1. The predicted molar refractivity (Wildman–Crippen MR) is 133 cm³/mol. The van der Waals surface area contributed by atoms with Gasteiger partial charge in [0.15, 0.2) is 11.5 Å². The Hall–Kier alpha value is -4.51. The number of hydrogen-bond acceptors (Lipinski definition) is 7. The lowest BCUT2D eigenvalue weighted by Crippen LogP contribution is -2.09. The van der Waals surface area contributed by atoms with Gasteiger partial charge in [-0.2, -0.15) is 0 Å². The van der Waals surface area contributed by atoms with Crippen molar-refractivity contribution in [1.82, 2.24) is 39.7 Å². The molecular formula is C24H15FN8OS. The molecule has 11 heteroatoms. The summed E-state index contributed by atoms with van der Waals surface area (Å²) in [7, 11) is 0. The van der Waals surface area contributed by atoms with E-state index in [0.717, 1.165) is 4.70 Å². The van der Waals surface area contributed by atoms with E-state index in [0.29, 0.717) is 54.7 Å². The Labute approximate surface area is 199 Å². The Morgan fingerprint density at radius 2 is 1.97 bits per heavy atom. The third-order valence-electron chi connectivity index (χ3n) is 6.02. The van der Waals surface area contributed by atoms with E-state index in [-0.39, 0.29) is 17.8 Å². The molecule has 0 aliphatic carbocycles. The molecule has 7 rings (SSSR count). The molecule has 8 bridgehead atoms. The van der Waals surface area contributed by atoms with Crippen LogP contribution in [0.5, 0.6) is 0 Å². The van der Waals surface area contributed by atoms with Crippen LogP contribution < -0.4 is 0 Å². The van der Waals surface area contributed by atoms with E-state index in [1.807, 2.05) is 12.1 Å². The minimum Gasteiger partial charge on any atom is -0.298 e. The van der Waals surface area contributed by atoms with Crippen LogP contribution in [0, 0.1) is 5.82 Å². The number of carbonyl (C=O) groups is 1. The highest BCUT2D eigenvalue weighted by Crippen LogP contribution is 2.34. The Balaban J connectivity index is 1.78. The van der Waals surface area contributed by atoms with Gasteiger partial charge in [0.2, 0.25) is 5.91 Å². The smallest absolute Gasteiger partial charge is 0.231 e. The molecule has 170 valence electrons. The van der Waals surface area contributed by atoms with Crippen molar-refractivity contribution in [1.29, 1.82) is 0 Å². The molecular weight excluding hydrogens is 467 g/mol. The standard InChI is InChI=1S/C24H15FN8OS/c1-2-16(34)33-12-7-11(8-26-9-12)20-19(25)18-14(10-28-20)31-32-23(18)24-29-13-5-6-27-22(21(13)30-24)15-3-4-17(33)35-15/h3-10,31-32H,2H2,1H3. The third-order valence-corrected chi connectivity index (χ3v) is 7.09. The van der Waals surface area contributed by atoms with Crippen LogP contribution in [-0.4, -0.2) is 45.6 Å². The normalized spacial score (nSPS) is 11.9. The second-order valence-electron chi connectivity index (χ2n) is 8.06. The van der Waals surface area contributed by atoms with Gasteiger partial charge in [-0.15, -0.1) is 11.3 Å². The van der Waals surface area contributed by atoms with Gasteiger partial charge in [0.1, 0.15) is 27.1 Å². The zero-order valence-electron chi connectivity index (χ0n) is 18.2. The van der Waals surface area contributed by atoms with Gasteiger partial charge in [-0.25, -0.2) is 14.4 Å². The van der Waals surface area contributed by atoms with Gasteiger partial charge >= 0.3 is 0 Å². The van der Waals surface area contributed by atoms with Crippen LogP contribution in [0.3, 0.4) is 0 Å². The lowest BCUT2D eigenvalue weighted by atomic mass is 10.1. The van der Waals surface area contributed by atoms with Crippen LogP contribution in [0.25, 0.3) is 64.9 Å². The van der Waals surface area contributed by atoms with Gasteiger partial charge in [0, 0.05) is 24.2 Å². The number of thiophene rings is 1. The molecule has 0 saturated heterocycles. The molecule has 9 nitrogen and oxygen atoms in total. The second-order valence-corrected chi connectivity index (χ2v) is 9.12. The van der Waals surface area contributed by atoms with E-state index in [9.17, 15) is 4.79 Å². The third kappa shape index (κ3) is 2.85. The number of halogens is 1. The molecule has 0 saturated carbocycles. The number of carbonyl (C=O) groups excluding carboxylic acids is 1. The fourth-order valence-corrected chi connectivity index (χ4v) is 5.42. The Morgan fingerprint density at radius 1 is 1.06 bits per heavy atom. The summed E-state index contributed by atoms with van der Waals surface area (Å²) in [5.74, 6) is -0.656. The van der Waals surface area contributed by atoms with Crippen molar-refractivity contribution in [3.05, 3.63) is 54.9 Å². The largest absolute Gasteiger partial charge is 0.298 e. The molecule has 0 atom stereocenters. The lowest BCUT2D eigenvalue weighted by Gasteiger charge is -2.06. The number of pyridine rings is 3. The minimum atomic E-state index is -0.540. The quantitative estimate of drug-likeness (QED) is 0.325. The van der Waals surface area contributed by atoms with Crippen LogP contribution >= 0.6 is 11.3 Å². The van der Waals surface area contributed by atoms with Gasteiger partial charge in [0.25, 0.3) is 0 Å². The SMILES string of the molecule is CCC(=O)n1c2cncc(c2)c2ncc3[nH][nH]c(c4nc5ccnc(c6ccc1s6)c5n4)-c3c2F. The first-order chi connectivity index (χ1) is 17.1. The maximum absolute atomic E-state index is 16.0. The number of fused-ring (bicyclic) bond motifs is 9. The summed E-state index contributed by atoms with van der Waals surface area (Å²) in [6, 6.07) is 7.28. The lowest BCUT2D eigenvalue weighted by molar-refractivity contribution is 0.0918. The average Bonchev–Trinajstić information content (AvgIpc) is 3.62. The van der Waals surface area contributed by atoms with Crippen molar-refractivity contribution in [2.24, 2.45) is 0 Å².